The fourth-order valence-corrected chi connectivity index (χ4v) is 1.66. The molecule has 0 heterocycles. The molecule has 0 aromatic heterocycles. The van der Waals surface area contributed by atoms with E-state index in [1.165, 1.54) is 11.1 Å². The zero-order valence-electron chi connectivity index (χ0n) is 14.4. The van der Waals surface area contributed by atoms with Crippen molar-refractivity contribution in [1.29, 1.82) is 0 Å². The first-order valence-corrected chi connectivity index (χ1v) is 8.04. The summed E-state index contributed by atoms with van der Waals surface area (Å²) in [6.07, 6.45) is 0. The lowest BCUT2D eigenvalue weighted by Crippen LogP contribution is -2.04. The van der Waals surface area contributed by atoms with Crippen LogP contribution in [0.4, 0.5) is 0 Å². The van der Waals surface area contributed by atoms with Gasteiger partial charge in [-0.3, -0.25) is 0 Å². The molecule has 0 amide bonds. The predicted molar refractivity (Wildman–Crippen MR) is 94.9 cm³/mol. The number of benzene rings is 2. The van der Waals surface area contributed by atoms with Crippen LogP contribution in [0.2, 0.25) is 0 Å². The fraction of sp³-hybridized carbons (Fsp3) is 0.400. The van der Waals surface area contributed by atoms with Crippen LogP contribution in [0.15, 0.2) is 54.6 Å². The molecule has 0 aliphatic heterocycles. The zero-order chi connectivity index (χ0) is 16.1. The Morgan fingerprint density at radius 3 is 1.90 bits per heavy atom. The largest absolute Gasteiger partial charge is 0.493 e. The molecular weight excluding hydrogens is 256 g/mol. The van der Waals surface area contributed by atoms with Gasteiger partial charge in [-0.15, -0.1) is 0 Å². The van der Waals surface area contributed by atoms with Gasteiger partial charge in [0.15, 0.2) is 0 Å². The summed E-state index contributed by atoms with van der Waals surface area (Å²) in [4.78, 5) is 0. The molecule has 0 N–H and O–H groups in total. The minimum Gasteiger partial charge on any atom is -0.493 e. The van der Waals surface area contributed by atoms with Crippen molar-refractivity contribution in [3.05, 3.63) is 54.6 Å². The van der Waals surface area contributed by atoms with E-state index in [-0.39, 0.29) is 0 Å². The van der Waals surface area contributed by atoms with E-state index in [0.29, 0.717) is 5.92 Å². The third kappa shape index (κ3) is 7.55. The number of hydrogen-bond donors (Lipinski definition) is 0. The van der Waals surface area contributed by atoms with Crippen molar-refractivity contribution in [2.45, 2.75) is 41.5 Å². The molecular formula is C20H30O. The normalized spacial score (nSPS) is 9.10. The first-order chi connectivity index (χ1) is 10.3. The second-order valence-electron chi connectivity index (χ2n) is 4.60. The molecule has 0 bridgehead atoms. The highest BCUT2D eigenvalue weighted by Gasteiger charge is 2.00. The van der Waals surface area contributed by atoms with Gasteiger partial charge in [0.25, 0.3) is 0 Å². The van der Waals surface area contributed by atoms with Crippen LogP contribution >= 0.6 is 0 Å². The molecule has 0 atom stereocenters. The van der Waals surface area contributed by atoms with E-state index in [1.54, 1.807) is 0 Å². The molecule has 0 aliphatic rings. The summed E-state index contributed by atoms with van der Waals surface area (Å²) < 4.78 is 5.73. The summed E-state index contributed by atoms with van der Waals surface area (Å²) in [5.41, 5.74) is 2.43. The average molecular weight is 286 g/mol. The van der Waals surface area contributed by atoms with Gasteiger partial charge >= 0.3 is 0 Å². The monoisotopic (exact) mass is 286 g/mol. The van der Waals surface area contributed by atoms with Crippen LogP contribution in [0.3, 0.4) is 0 Å². The van der Waals surface area contributed by atoms with E-state index in [2.05, 4.69) is 50.2 Å². The molecule has 0 aliphatic carbocycles. The van der Waals surface area contributed by atoms with Gasteiger partial charge in [-0.05, 0) is 29.2 Å². The van der Waals surface area contributed by atoms with E-state index < -0.39 is 0 Å². The molecule has 2 aromatic rings. The lowest BCUT2D eigenvalue weighted by Gasteiger charge is -2.10. The van der Waals surface area contributed by atoms with Crippen LogP contribution in [0, 0.1) is 5.92 Å². The summed E-state index contributed by atoms with van der Waals surface area (Å²) in [5.74, 6) is 1.50. The highest BCUT2D eigenvalue weighted by atomic mass is 16.5. The van der Waals surface area contributed by atoms with Crippen LogP contribution in [-0.4, -0.2) is 6.61 Å². The molecule has 2 rings (SSSR count). The summed E-state index contributed by atoms with van der Waals surface area (Å²) in [6, 6.07) is 18.6. The molecule has 1 heteroatoms. The number of ether oxygens (including phenoxy) is 1. The Hall–Kier alpha value is -1.76. The smallest absolute Gasteiger partial charge is 0.119 e. The molecule has 0 saturated heterocycles. The second-order valence-corrected chi connectivity index (χ2v) is 4.60. The lowest BCUT2D eigenvalue weighted by atomic mass is 10.1. The van der Waals surface area contributed by atoms with Crippen molar-refractivity contribution in [3.63, 3.8) is 0 Å². The topological polar surface area (TPSA) is 9.23 Å². The summed E-state index contributed by atoms with van der Waals surface area (Å²) >= 11 is 0. The Morgan fingerprint density at radius 1 is 0.762 bits per heavy atom. The van der Waals surface area contributed by atoms with E-state index in [0.717, 1.165) is 12.4 Å². The number of rotatable bonds is 4. The Kier molecular flexibility index (Phi) is 11.0. The van der Waals surface area contributed by atoms with Gasteiger partial charge in [0, 0.05) is 0 Å². The fourth-order valence-electron chi connectivity index (χ4n) is 1.66. The molecule has 2 aromatic carbocycles. The highest BCUT2D eigenvalue weighted by molar-refractivity contribution is 5.64. The van der Waals surface area contributed by atoms with Gasteiger partial charge in [0.2, 0.25) is 0 Å². The predicted octanol–water partition coefficient (Wildman–Crippen LogP) is 6.44. The minimum absolute atomic E-state index is 0.551. The lowest BCUT2D eigenvalue weighted by molar-refractivity contribution is 0.271. The molecule has 21 heavy (non-hydrogen) atoms. The third-order valence-electron chi connectivity index (χ3n) is 2.52. The van der Waals surface area contributed by atoms with Gasteiger partial charge < -0.3 is 4.74 Å². The van der Waals surface area contributed by atoms with Gasteiger partial charge in [-0.1, -0.05) is 84.0 Å². The van der Waals surface area contributed by atoms with Gasteiger partial charge in [-0.2, -0.15) is 0 Å². The molecule has 0 radical (unpaired) electrons. The molecule has 0 spiro atoms. The van der Waals surface area contributed by atoms with Crippen LogP contribution in [-0.2, 0) is 0 Å². The Bertz CT molecular complexity index is 460. The molecule has 0 saturated carbocycles. The highest BCUT2D eigenvalue weighted by Crippen LogP contribution is 2.23. The van der Waals surface area contributed by atoms with E-state index in [9.17, 15) is 0 Å². The van der Waals surface area contributed by atoms with E-state index in [1.807, 2.05) is 45.9 Å². The van der Waals surface area contributed by atoms with E-state index in [4.69, 9.17) is 4.74 Å². The van der Waals surface area contributed by atoms with Gasteiger partial charge in [0.1, 0.15) is 5.75 Å². The Morgan fingerprint density at radius 2 is 1.33 bits per heavy atom. The van der Waals surface area contributed by atoms with Crippen molar-refractivity contribution in [1.82, 2.24) is 0 Å². The first-order valence-electron chi connectivity index (χ1n) is 8.04. The van der Waals surface area contributed by atoms with Crippen molar-refractivity contribution < 1.29 is 4.74 Å². The van der Waals surface area contributed by atoms with Gasteiger partial charge in [-0.25, -0.2) is 0 Å². The van der Waals surface area contributed by atoms with Crippen molar-refractivity contribution in [2.24, 2.45) is 5.92 Å². The minimum atomic E-state index is 0.551. The average Bonchev–Trinajstić information content (AvgIpc) is 2.58. The summed E-state index contributed by atoms with van der Waals surface area (Å²) in [7, 11) is 0. The van der Waals surface area contributed by atoms with Crippen LogP contribution in [0.5, 0.6) is 5.75 Å². The summed E-state index contributed by atoms with van der Waals surface area (Å²) in [5, 5.41) is 0. The zero-order valence-corrected chi connectivity index (χ0v) is 14.4. The quantitative estimate of drug-likeness (QED) is 0.628. The maximum Gasteiger partial charge on any atom is 0.119 e. The van der Waals surface area contributed by atoms with Crippen LogP contribution in [0.25, 0.3) is 11.1 Å². The molecule has 116 valence electrons. The standard InChI is InChI=1S/C16H18O.2C2H6/c1-13(2)12-17-16-10-6-9-15(11-16)14-7-4-3-5-8-14;2*1-2/h3-11,13H,12H2,1-2H3;2*1-2H3. The summed E-state index contributed by atoms with van der Waals surface area (Å²) in [6.45, 7) is 13.1. The van der Waals surface area contributed by atoms with Crippen molar-refractivity contribution >= 4 is 0 Å². The molecule has 1 nitrogen and oxygen atoms in total. The second kappa shape index (κ2) is 12.0. The first kappa shape index (κ1) is 19.2. The van der Waals surface area contributed by atoms with Crippen molar-refractivity contribution in [3.8, 4) is 16.9 Å². The maximum atomic E-state index is 5.73. The van der Waals surface area contributed by atoms with Gasteiger partial charge in [0.05, 0.1) is 6.61 Å². The Labute approximate surface area is 131 Å². The Balaban J connectivity index is 0.000000921. The van der Waals surface area contributed by atoms with Crippen LogP contribution in [0.1, 0.15) is 41.5 Å². The van der Waals surface area contributed by atoms with Crippen LogP contribution < -0.4 is 4.74 Å². The number of hydrogen-bond acceptors (Lipinski definition) is 1. The third-order valence-corrected chi connectivity index (χ3v) is 2.52. The molecule has 0 unspecified atom stereocenters. The van der Waals surface area contributed by atoms with Crippen molar-refractivity contribution in [2.75, 3.05) is 6.61 Å². The SMILES string of the molecule is CC.CC.CC(C)COc1cccc(-c2ccccc2)c1. The molecule has 0 fully saturated rings. The maximum absolute atomic E-state index is 5.73. The van der Waals surface area contributed by atoms with E-state index >= 15 is 0 Å².